The monoisotopic (exact) mass is 351 g/mol. The summed E-state index contributed by atoms with van der Waals surface area (Å²) in [6, 6.07) is 19.5. The highest BCUT2D eigenvalue weighted by Crippen LogP contribution is 2.36. The molecule has 4 aromatic rings. The Morgan fingerprint density at radius 1 is 0.792 bits per heavy atom. The summed E-state index contributed by atoms with van der Waals surface area (Å²) >= 11 is 3.38. The second-order valence-corrected chi connectivity index (χ2v) is 7.14. The Labute approximate surface area is 147 Å². The molecule has 0 aliphatic carbocycles. The number of aromatic nitrogens is 1. The van der Waals surface area contributed by atoms with Gasteiger partial charge in [0, 0.05) is 5.69 Å². The first-order valence-corrected chi connectivity index (χ1v) is 9.13. The van der Waals surface area contributed by atoms with Gasteiger partial charge in [-0.3, -0.25) is 0 Å². The fraction of sp³-hybridized carbons (Fsp3) is 0. The number of nitrogens with zero attached hydrogens (tertiary/aromatic N) is 1. The lowest BCUT2D eigenvalue weighted by molar-refractivity contribution is 0.0697. The third-order valence-electron chi connectivity index (χ3n) is 3.80. The smallest absolute Gasteiger partial charge is 0.335 e. The van der Waals surface area contributed by atoms with E-state index in [9.17, 15) is 4.79 Å². The van der Waals surface area contributed by atoms with Gasteiger partial charge in [0.1, 0.15) is 0 Å². The highest BCUT2D eigenvalue weighted by Gasteiger charge is 2.15. The van der Waals surface area contributed by atoms with Crippen LogP contribution in [0.3, 0.4) is 0 Å². The molecular weight excluding hydrogens is 338 g/mol. The molecule has 4 rings (SSSR count). The van der Waals surface area contributed by atoms with E-state index in [2.05, 4.69) is 39.6 Å². The van der Waals surface area contributed by atoms with Gasteiger partial charge in [-0.2, -0.15) is 0 Å². The van der Waals surface area contributed by atoms with E-state index in [1.165, 1.54) is 9.75 Å². The summed E-state index contributed by atoms with van der Waals surface area (Å²) < 4.78 is 2.18. The van der Waals surface area contributed by atoms with Crippen LogP contribution >= 0.6 is 22.7 Å². The Balaban J connectivity index is 1.91. The van der Waals surface area contributed by atoms with E-state index in [0.29, 0.717) is 5.56 Å². The van der Waals surface area contributed by atoms with Crippen LogP contribution in [-0.4, -0.2) is 15.6 Å². The van der Waals surface area contributed by atoms with E-state index in [1.807, 2.05) is 24.3 Å². The Morgan fingerprint density at radius 3 is 1.75 bits per heavy atom. The number of carboxylic acids is 1. The quantitative estimate of drug-likeness (QED) is 0.517. The average Bonchev–Trinajstić information content (AvgIpc) is 3.33. The molecule has 1 N–H and O–H groups in total. The van der Waals surface area contributed by atoms with Crippen LogP contribution in [0.15, 0.2) is 71.4 Å². The lowest BCUT2D eigenvalue weighted by Crippen LogP contribution is -2.00. The van der Waals surface area contributed by atoms with Crippen LogP contribution < -0.4 is 0 Å². The Morgan fingerprint density at radius 2 is 1.33 bits per heavy atom. The van der Waals surface area contributed by atoms with Gasteiger partial charge in [0.05, 0.1) is 26.7 Å². The Bertz CT molecular complexity index is 913. The molecular formula is C19H13NO2S2. The molecule has 5 heteroatoms. The topological polar surface area (TPSA) is 42.2 Å². The SMILES string of the molecule is O=C(O)c1ccc(-n2c(-c3cccs3)ccc2-c2cccs2)cc1. The molecule has 0 bridgehead atoms. The van der Waals surface area contributed by atoms with E-state index >= 15 is 0 Å². The number of carbonyl (C=O) groups is 1. The van der Waals surface area contributed by atoms with Crippen LogP contribution in [0.25, 0.3) is 26.8 Å². The largest absolute Gasteiger partial charge is 0.478 e. The zero-order chi connectivity index (χ0) is 16.5. The van der Waals surface area contributed by atoms with Crippen LogP contribution in [0.1, 0.15) is 10.4 Å². The summed E-state index contributed by atoms with van der Waals surface area (Å²) in [6.45, 7) is 0. The second kappa shape index (κ2) is 6.11. The molecule has 1 aromatic carbocycles. The Kier molecular flexibility index (Phi) is 3.80. The lowest BCUT2D eigenvalue weighted by Gasteiger charge is -2.12. The molecule has 0 saturated carbocycles. The average molecular weight is 351 g/mol. The molecule has 0 spiro atoms. The maximum absolute atomic E-state index is 11.1. The predicted octanol–water partition coefficient (Wildman–Crippen LogP) is 5.63. The Hall–Kier alpha value is -2.63. The molecule has 0 unspecified atom stereocenters. The fourth-order valence-electron chi connectivity index (χ4n) is 2.70. The standard InChI is InChI=1S/C19H13NO2S2/c21-19(22)13-5-7-14(8-6-13)20-15(17-3-1-11-23-17)9-10-16(20)18-4-2-12-24-18/h1-12H,(H,21,22). The van der Waals surface area contributed by atoms with Gasteiger partial charge in [-0.1, -0.05) is 12.1 Å². The van der Waals surface area contributed by atoms with E-state index in [-0.39, 0.29) is 0 Å². The van der Waals surface area contributed by atoms with Crippen molar-refractivity contribution in [1.82, 2.24) is 4.57 Å². The molecule has 3 nitrogen and oxygen atoms in total. The summed E-state index contributed by atoms with van der Waals surface area (Å²) in [5.74, 6) is -0.911. The molecule has 0 atom stereocenters. The molecule has 118 valence electrons. The minimum Gasteiger partial charge on any atom is -0.478 e. The van der Waals surface area contributed by atoms with Crippen molar-refractivity contribution in [2.24, 2.45) is 0 Å². The van der Waals surface area contributed by atoms with Gasteiger partial charge in [0.25, 0.3) is 0 Å². The lowest BCUT2D eigenvalue weighted by atomic mass is 10.2. The van der Waals surface area contributed by atoms with Crippen molar-refractivity contribution in [2.45, 2.75) is 0 Å². The van der Waals surface area contributed by atoms with E-state index < -0.39 is 5.97 Å². The van der Waals surface area contributed by atoms with Gasteiger partial charge in [-0.05, 0) is 59.3 Å². The first-order valence-electron chi connectivity index (χ1n) is 7.37. The predicted molar refractivity (Wildman–Crippen MR) is 99.4 cm³/mol. The third kappa shape index (κ3) is 2.58. The van der Waals surface area contributed by atoms with Crippen molar-refractivity contribution in [1.29, 1.82) is 0 Å². The maximum atomic E-state index is 11.1. The first-order chi connectivity index (χ1) is 11.7. The second-order valence-electron chi connectivity index (χ2n) is 5.25. The van der Waals surface area contributed by atoms with Gasteiger partial charge < -0.3 is 9.67 Å². The third-order valence-corrected chi connectivity index (χ3v) is 5.59. The number of hydrogen-bond donors (Lipinski definition) is 1. The van der Waals surface area contributed by atoms with Gasteiger partial charge in [0.15, 0.2) is 0 Å². The van der Waals surface area contributed by atoms with E-state index in [4.69, 9.17) is 5.11 Å². The van der Waals surface area contributed by atoms with E-state index in [0.717, 1.165) is 17.1 Å². The van der Waals surface area contributed by atoms with Crippen molar-refractivity contribution in [3.63, 3.8) is 0 Å². The van der Waals surface area contributed by atoms with Crippen LogP contribution in [0.5, 0.6) is 0 Å². The number of carboxylic acid groups (broad SMARTS) is 1. The number of aromatic carboxylic acids is 1. The van der Waals surface area contributed by atoms with Crippen LogP contribution in [0.2, 0.25) is 0 Å². The molecule has 0 amide bonds. The number of rotatable bonds is 4. The zero-order valence-electron chi connectivity index (χ0n) is 12.5. The van der Waals surface area contributed by atoms with Crippen LogP contribution in [0, 0.1) is 0 Å². The number of hydrogen-bond acceptors (Lipinski definition) is 3. The van der Waals surface area contributed by atoms with Crippen molar-refractivity contribution < 1.29 is 9.90 Å². The summed E-state index contributed by atoms with van der Waals surface area (Å²) in [7, 11) is 0. The van der Waals surface area contributed by atoms with Gasteiger partial charge in [-0.25, -0.2) is 4.79 Å². The molecule has 0 saturated heterocycles. The molecule has 3 heterocycles. The van der Waals surface area contributed by atoms with Crippen molar-refractivity contribution >= 4 is 28.6 Å². The highest BCUT2D eigenvalue weighted by molar-refractivity contribution is 7.14. The molecule has 0 fully saturated rings. The maximum Gasteiger partial charge on any atom is 0.335 e. The zero-order valence-corrected chi connectivity index (χ0v) is 14.2. The fourth-order valence-corrected chi connectivity index (χ4v) is 4.18. The molecule has 0 aliphatic heterocycles. The van der Waals surface area contributed by atoms with Gasteiger partial charge in [0.2, 0.25) is 0 Å². The van der Waals surface area contributed by atoms with E-state index in [1.54, 1.807) is 34.8 Å². The van der Waals surface area contributed by atoms with Crippen molar-refractivity contribution in [3.8, 4) is 26.8 Å². The minimum absolute atomic E-state index is 0.293. The summed E-state index contributed by atoms with van der Waals surface area (Å²) in [6.07, 6.45) is 0. The highest BCUT2D eigenvalue weighted by atomic mass is 32.1. The summed E-state index contributed by atoms with van der Waals surface area (Å²) in [5.41, 5.74) is 3.46. The first kappa shape index (κ1) is 14.9. The van der Waals surface area contributed by atoms with Crippen molar-refractivity contribution in [2.75, 3.05) is 0 Å². The summed E-state index contributed by atoms with van der Waals surface area (Å²) in [4.78, 5) is 13.5. The van der Waals surface area contributed by atoms with Crippen molar-refractivity contribution in [3.05, 3.63) is 77.0 Å². The molecule has 3 aromatic heterocycles. The molecule has 24 heavy (non-hydrogen) atoms. The molecule has 0 aliphatic rings. The minimum atomic E-state index is -0.911. The number of thiophene rings is 2. The molecule has 0 radical (unpaired) electrons. The van der Waals surface area contributed by atoms with Crippen LogP contribution in [0.4, 0.5) is 0 Å². The van der Waals surface area contributed by atoms with Gasteiger partial charge >= 0.3 is 5.97 Å². The van der Waals surface area contributed by atoms with Crippen LogP contribution in [-0.2, 0) is 0 Å². The number of benzene rings is 1. The summed E-state index contributed by atoms with van der Waals surface area (Å²) in [5, 5.41) is 13.2. The van der Waals surface area contributed by atoms with Gasteiger partial charge in [-0.15, -0.1) is 22.7 Å². The normalized spacial score (nSPS) is 10.8.